The van der Waals surface area contributed by atoms with E-state index in [0.717, 1.165) is 49.8 Å². The zero-order valence-electron chi connectivity index (χ0n) is 28.6. The lowest BCUT2D eigenvalue weighted by atomic mass is 9.82. The Bertz CT molecular complexity index is 2770. The number of furan rings is 1. The SMILES string of the molecule is CC1(C)c2ccccc2-c2c(N(c3ccc(-c4cccc5c4oc4c6ccccc6ccc54)cc3)c3cccc(-c4ccccc4)c3)cccc21. The van der Waals surface area contributed by atoms with Gasteiger partial charge < -0.3 is 9.32 Å². The summed E-state index contributed by atoms with van der Waals surface area (Å²) in [4.78, 5) is 2.43. The Labute approximate surface area is 297 Å². The Morgan fingerprint density at radius 3 is 1.98 bits per heavy atom. The first-order chi connectivity index (χ1) is 25.1. The third kappa shape index (κ3) is 4.57. The highest BCUT2D eigenvalue weighted by Crippen LogP contribution is 2.54. The van der Waals surface area contributed by atoms with E-state index in [2.05, 4.69) is 195 Å². The molecule has 2 heteroatoms. The van der Waals surface area contributed by atoms with Gasteiger partial charge in [-0.1, -0.05) is 153 Å². The van der Waals surface area contributed by atoms with Crippen LogP contribution in [0.3, 0.4) is 0 Å². The van der Waals surface area contributed by atoms with E-state index in [1.54, 1.807) is 0 Å². The third-order valence-corrected chi connectivity index (χ3v) is 10.9. The molecular weight excluding hydrogens is 619 g/mol. The lowest BCUT2D eigenvalue weighted by Crippen LogP contribution is -2.16. The van der Waals surface area contributed by atoms with E-state index in [0.29, 0.717) is 0 Å². The first kappa shape index (κ1) is 29.5. The van der Waals surface area contributed by atoms with Crippen molar-refractivity contribution in [3.8, 4) is 33.4 Å². The molecule has 0 atom stereocenters. The van der Waals surface area contributed by atoms with E-state index in [4.69, 9.17) is 4.42 Å². The number of nitrogens with zero attached hydrogens (tertiary/aromatic N) is 1. The Balaban J connectivity index is 1.15. The maximum atomic E-state index is 6.72. The van der Waals surface area contributed by atoms with Crippen LogP contribution >= 0.6 is 0 Å². The Hall–Kier alpha value is -6.38. The molecule has 10 rings (SSSR count). The molecule has 0 amide bonds. The van der Waals surface area contributed by atoms with E-state index in [-0.39, 0.29) is 5.41 Å². The molecule has 51 heavy (non-hydrogen) atoms. The number of rotatable bonds is 5. The standard InChI is InChI=1S/C49H35NO/c1-49(2)43-22-9-8-19-42(43)46-44(49)23-12-24-45(46)50(37-17-10-16-35(31-37)32-13-4-3-5-14-32)36-28-25-34(26-29-36)39-20-11-21-40-41-30-27-33-15-6-7-18-38(33)48(41)51-47(39)40/h3-31H,1-2H3. The van der Waals surface area contributed by atoms with E-state index >= 15 is 0 Å². The monoisotopic (exact) mass is 653 g/mol. The predicted octanol–water partition coefficient (Wildman–Crippen LogP) is 13.8. The molecule has 0 aliphatic heterocycles. The van der Waals surface area contributed by atoms with Crippen LogP contribution in [0.25, 0.3) is 66.1 Å². The van der Waals surface area contributed by atoms with Gasteiger partial charge in [0.2, 0.25) is 0 Å². The van der Waals surface area contributed by atoms with Crippen LogP contribution in [0.4, 0.5) is 17.1 Å². The summed E-state index contributed by atoms with van der Waals surface area (Å²) in [5.74, 6) is 0. The number of anilines is 3. The molecule has 0 saturated heterocycles. The van der Waals surface area contributed by atoms with Crippen molar-refractivity contribution >= 4 is 49.8 Å². The summed E-state index contributed by atoms with van der Waals surface area (Å²) in [7, 11) is 0. The second-order valence-corrected chi connectivity index (χ2v) is 14.1. The van der Waals surface area contributed by atoms with Gasteiger partial charge in [0, 0.05) is 44.1 Å². The second kappa shape index (κ2) is 11.3. The molecule has 2 nitrogen and oxygen atoms in total. The predicted molar refractivity (Wildman–Crippen MR) is 214 cm³/mol. The van der Waals surface area contributed by atoms with Gasteiger partial charge in [0.25, 0.3) is 0 Å². The Morgan fingerprint density at radius 2 is 1.10 bits per heavy atom. The van der Waals surface area contributed by atoms with E-state index < -0.39 is 0 Å². The maximum absolute atomic E-state index is 6.72. The highest BCUT2D eigenvalue weighted by Gasteiger charge is 2.37. The molecule has 8 aromatic carbocycles. The Morgan fingerprint density at radius 1 is 0.431 bits per heavy atom. The normalized spacial score (nSPS) is 13.1. The van der Waals surface area contributed by atoms with E-state index in [1.807, 2.05) is 0 Å². The fourth-order valence-corrected chi connectivity index (χ4v) is 8.35. The molecule has 1 aliphatic carbocycles. The Kier molecular flexibility index (Phi) is 6.56. The average molecular weight is 654 g/mol. The smallest absolute Gasteiger partial charge is 0.143 e. The highest BCUT2D eigenvalue weighted by molar-refractivity contribution is 6.17. The molecule has 0 saturated carbocycles. The van der Waals surface area contributed by atoms with Crippen molar-refractivity contribution < 1.29 is 4.42 Å². The van der Waals surface area contributed by atoms with Crippen LogP contribution in [0, 0.1) is 0 Å². The summed E-state index contributed by atoms with van der Waals surface area (Å²) >= 11 is 0. The zero-order chi connectivity index (χ0) is 34.1. The molecule has 242 valence electrons. The summed E-state index contributed by atoms with van der Waals surface area (Å²) in [5, 5.41) is 4.61. The van der Waals surface area contributed by atoms with Gasteiger partial charge in [0.1, 0.15) is 11.2 Å². The number of hydrogen-bond acceptors (Lipinski definition) is 2. The van der Waals surface area contributed by atoms with Gasteiger partial charge >= 0.3 is 0 Å². The molecule has 0 spiro atoms. The molecule has 0 fully saturated rings. The molecule has 0 N–H and O–H groups in total. The highest BCUT2D eigenvalue weighted by atomic mass is 16.3. The minimum atomic E-state index is -0.0973. The molecule has 1 heterocycles. The lowest BCUT2D eigenvalue weighted by Gasteiger charge is -2.29. The van der Waals surface area contributed by atoms with Crippen LogP contribution in [0.5, 0.6) is 0 Å². The zero-order valence-corrected chi connectivity index (χ0v) is 28.6. The fraction of sp³-hybridized carbons (Fsp3) is 0.0612. The molecule has 0 unspecified atom stereocenters. The average Bonchev–Trinajstić information content (AvgIpc) is 3.69. The molecule has 1 aromatic heterocycles. The van der Waals surface area contributed by atoms with Gasteiger partial charge in [0.15, 0.2) is 0 Å². The van der Waals surface area contributed by atoms with E-state index in [1.165, 1.54) is 44.5 Å². The molecule has 9 aromatic rings. The van der Waals surface area contributed by atoms with Crippen LogP contribution in [0.1, 0.15) is 25.0 Å². The van der Waals surface area contributed by atoms with Gasteiger partial charge in [-0.25, -0.2) is 0 Å². The quantitative estimate of drug-likeness (QED) is 0.184. The van der Waals surface area contributed by atoms with E-state index in [9.17, 15) is 0 Å². The van der Waals surface area contributed by atoms with Gasteiger partial charge in [-0.15, -0.1) is 0 Å². The van der Waals surface area contributed by atoms with Crippen LogP contribution < -0.4 is 4.90 Å². The van der Waals surface area contributed by atoms with Gasteiger partial charge in [-0.2, -0.15) is 0 Å². The van der Waals surface area contributed by atoms with Crippen LogP contribution in [0.2, 0.25) is 0 Å². The van der Waals surface area contributed by atoms with Crippen LogP contribution in [-0.2, 0) is 5.41 Å². The van der Waals surface area contributed by atoms with Crippen molar-refractivity contribution in [1.29, 1.82) is 0 Å². The van der Waals surface area contributed by atoms with Crippen molar-refractivity contribution in [2.24, 2.45) is 0 Å². The minimum Gasteiger partial charge on any atom is -0.455 e. The first-order valence-corrected chi connectivity index (χ1v) is 17.7. The van der Waals surface area contributed by atoms with Gasteiger partial charge in [0.05, 0.1) is 5.69 Å². The third-order valence-electron chi connectivity index (χ3n) is 10.9. The summed E-state index contributed by atoms with van der Waals surface area (Å²) < 4.78 is 6.72. The number of benzene rings is 8. The lowest BCUT2D eigenvalue weighted by molar-refractivity contribution is 0.660. The van der Waals surface area contributed by atoms with Crippen molar-refractivity contribution in [2.45, 2.75) is 19.3 Å². The molecule has 0 radical (unpaired) electrons. The topological polar surface area (TPSA) is 16.4 Å². The summed E-state index contributed by atoms with van der Waals surface area (Å²) in [6.07, 6.45) is 0. The molecule has 0 bridgehead atoms. The largest absolute Gasteiger partial charge is 0.455 e. The minimum absolute atomic E-state index is 0.0973. The van der Waals surface area contributed by atoms with Gasteiger partial charge in [-0.05, 0) is 75.2 Å². The summed E-state index contributed by atoms with van der Waals surface area (Å²) in [5.41, 5.74) is 15.1. The van der Waals surface area contributed by atoms with Crippen molar-refractivity contribution in [3.05, 3.63) is 187 Å². The van der Waals surface area contributed by atoms with Crippen LogP contribution in [-0.4, -0.2) is 0 Å². The number of hydrogen-bond donors (Lipinski definition) is 0. The fourth-order valence-electron chi connectivity index (χ4n) is 8.35. The molecule has 1 aliphatic rings. The number of fused-ring (bicyclic) bond motifs is 8. The van der Waals surface area contributed by atoms with Gasteiger partial charge in [-0.3, -0.25) is 0 Å². The summed E-state index contributed by atoms with van der Waals surface area (Å²) in [6.45, 7) is 4.69. The van der Waals surface area contributed by atoms with Crippen molar-refractivity contribution in [1.82, 2.24) is 0 Å². The van der Waals surface area contributed by atoms with Crippen molar-refractivity contribution in [3.63, 3.8) is 0 Å². The molecular formula is C49H35NO. The number of para-hydroxylation sites is 1. The summed E-state index contributed by atoms with van der Waals surface area (Å²) in [6, 6.07) is 63.6. The first-order valence-electron chi connectivity index (χ1n) is 17.7. The van der Waals surface area contributed by atoms with Crippen LogP contribution in [0.15, 0.2) is 180 Å². The maximum Gasteiger partial charge on any atom is 0.143 e. The van der Waals surface area contributed by atoms with Crippen molar-refractivity contribution in [2.75, 3.05) is 4.90 Å². The second-order valence-electron chi connectivity index (χ2n) is 14.1.